The van der Waals surface area contributed by atoms with Gasteiger partial charge in [-0.2, -0.15) is 16.7 Å². The van der Waals surface area contributed by atoms with E-state index in [2.05, 4.69) is 39.4 Å². The van der Waals surface area contributed by atoms with Gasteiger partial charge in [-0.15, -0.1) is 0 Å². The summed E-state index contributed by atoms with van der Waals surface area (Å²) in [6, 6.07) is 14.2. The third-order valence-electron chi connectivity index (χ3n) is 2.98. The number of pyridine rings is 1. The molecule has 0 unspecified atom stereocenters. The summed E-state index contributed by atoms with van der Waals surface area (Å²) in [5.41, 5.74) is 2.27. The highest BCUT2D eigenvalue weighted by atomic mass is 32.2. The average molecular weight is 297 g/mol. The van der Waals surface area contributed by atoms with Crippen LogP contribution in [0.1, 0.15) is 11.5 Å². The van der Waals surface area contributed by atoms with Crippen LogP contribution in [0.15, 0.2) is 59.4 Å². The van der Waals surface area contributed by atoms with E-state index in [1.54, 1.807) is 12.4 Å². The number of nitrogens with zero attached hydrogens (tertiary/aromatic N) is 3. The van der Waals surface area contributed by atoms with Crippen molar-refractivity contribution in [1.82, 2.24) is 15.1 Å². The van der Waals surface area contributed by atoms with Crippen molar-refractivity contribution in [2.24, 2.45) is 0 Å². The van der Waals surface area contributed by atoms with E-state index in [0.29, 0.717) is 11.7 Å². The molecule has 0 bridgehead atoms. The largest absolute Gasteiger partial charge is 0.339 e. The molecule has 0 atom stereocenters. The maximum atomic E-state index is 5.28. The molecule has 0 aliphatic rings. The summed E-state index contributed by atoms with van der Waals surface area (Å²) in [6.45, 7) is 0. The van der Waals surface area contributed by atoms with Crippen LogP contribution < -0.4 is 0 Å². The van der Waals surface area contributed by atoms with Crippen molar-refractivity contribution in [3.05, 3.63) is 66.3 Å². The van der Waals surface area contributed by atoms with E-state index in [9.17, 15) is 0 Å². The first-order valence-electron chi connectivity index (χ1n) is 6.76. The molecular formula is C16H15N3OS. The lowest BCUT2D eigenvalue weighted by Gasteiger charge is -1.99. The van der Waals surface area contributed by atoms with Crippen molar-refractivity contribution in [2.75, 3.05) is 5.75 Å². The van der Waals surface area contributed by atoms with Gasteiger partial charge in [-0.05, 0) is 17.7 Å². The first-order chi connectivity index (χ1) is 10.4. The van der Waals surface area contributed by atoms with Gasteiger partial charge in [0.2, 0.25) is 11.7 Å². The quantitative estimate of drug-likeness (QED) is 0.651. The first kappa shape index (κ1) is 13.8. The number of hydrogen-bond donors (Lipinski definition) is 0. The molecule has 0 aliphatic carbocycles. The van der Waals surface area contributed by atoms with Crippen LogP contribution in [0.5, 0.6) is 0 Å². The zero-order valence-electron chi connectivity index (χ0n) is 11.5. The van der Waals surface area contributed by atoms with Gasteiger partial charge in [-0.1, -0.05) is 35.5 Å². The second-order valence-corrected chi connectivity index (χ2v) is 5.64. The van der Waals surface area contributed by atoms with Crippen LogP contribution in [0, 0.1) is 0 Å². The molecule has 0 radical (unpaired) electrons. The normalized spacial score (nSPS) is 10.7. The van der Waals surface area contributed by atoms with Gasteiger partial charge in [-0.25, -0.2) is 0 Å². The minimum Gasteiger partial charge on any atom is -0.339 e. The molecular weight excluding hydrogens is 282 g/mol. The van der Waals surface area contributed by atoms with Crippen molar-refractivity contribution in [3.63, 3.8) is 0 Å². The Morgan fingerprint density at radius 1 is 1.00 bits per heavy atom. The van der Waals surface area contributed by atoms with Crippen LogP contribution in [-0.2, 0) is 12.2 Å². The zero-order chi connectivity index (χ0) is 14.3. The van der Waals surface area contributed by atoms with E-state index < -0.39 is 0 Å². The third kappa shape index (κ3) is 3.92. The summed E-state index contributed by atoms with van der Waals surface area (Å²) in [7, 11) is 0. The fraction of sp³-hybridized carbons (Fsp3) is 0.188. The second kappa shape index (κ2) is 7.04. The summed E-state index contributed by atoms with van der Waals surface area (Å²) in [6.07, 6.45) is 4.23. The van der Waals surface area contributed by atoms with E-state index in [4.69, 9.17) is 4.52 Å². The molecule has 1 aromatic carbocycles. The highest BCUT2D eigenvalue weighted by molar-refractivity contribution is 7.98. The van der Waals surface area contributed by atoms with Crippen molar-refractivity contribution >= 4 is 11.8 Å². The van der Waals surface area contributed by atoms with Crippen molar-refractivity contribution in [1.29, 1.82) is 0 Å². The standard InChI is InChI=1S/C16H15N3OS/c1-2-4-13(5-3-1)12-21-11-8-15-18-16(19-20-15)14-6-9-17-10-7-14/h1-7,9-10H,8,11-12H2. The molecule has 4 nitrogen and oxygen atoms in total. The fourth-order valence-electron chi connectivity index (χ4n) is 1.90. The van der Waals surface area contributed by atoms with Gasteiger partial charge in [-0.3, -0.25) is 4.98 Å². The fourth-order valence-corrected chi connectivity index (χ4v) is 2.79. The predicted octanol–water partition coefficient (Wildman–Crippen LogP) is 3.61. The topological polar surface area (TPSA) is 51.8 Å². The van der Waals surface area contributed by atoms with Crippen molar-refractivity contribution in [2.45, 2.75) is 12.2 Å². The smallest absolute Gasteiger partial charge is 0.227 e. The summed E-state index contributed by atoms with van der Waals surface area (Å²) >= 11 is 1.87. The maximum Gasteiger partial charge on any atom is 0.227 e. The molecule has 2 heterocycles. The minimum absolute atomic E-state index is 0.625. The summed E-state index contributed by atoms with van der Waals surface area (Å²) < 4.78 is 5.28. The van der Waals surface area contributed by atoms with Crippen LogP contribution in [0.25, 0.3) is 11.4 Å². The Labute approximate surface area is 127 Å². The number of aromatic nitrogens is 3. The highest BCUT2D eigenvalue weighted by Crippen LogP contribution is 2.16. The predicted molar refractivity (Wildman–Crippen MR) is 83.8 cm³/mol. The molecule has 0 saturated carbocycles. The van der Waals surface area contributed by atoms with Gasteiger partial charge in [0.25, 0.3) is 0 Å². The molecule has 3 rings (SSSR count). The first-order valence-corrected chi connectivity index (χ1v) is 7.92. The number of aryl methyl sites for hydroxylation is 1. The minimum atomic E-state index is 0.625. The van der Waals surface area contributed by atoms with E-state index in [-0.39, 0.29) is 0 Å². The lowest BCUT2D eigenvalue weighted by molar-refractivity contribution is 0.383. The molecule has 2 aromatic heterocycles. The van der Waals surface area contributed by atoms with Gasteiger partial charge < -0.3 is 4.52 Å². The molecule has 0 fully saturated rings. The molecule has 106 valence electrons. The molecule has 0 amide bonds. The monoisotopic (exact) mass is 297 g/mol. The van der Waals surface area contributed by atoms with Crippen molar-refractivity contribution < 1.29 is 4.52 Å². The SMILES string of the molecule is c1ccc(CSCCc2nc(-c3ccncc3)no2)cc1. The Morgan fingerprint density at radius 2 is 1.81 bits per heavy atom. The molecule has 3 aromatic rings. The van der Waals surface area contributed by atoms with E-state index in [0.717, 1.165) is 23.5 Å². The molecule has 0 spiro atoms. The molecule has 0 saturated heterocycles. The number of benzene rings is 1. The molecule has 0 aliphatic heterocycles. The Balaban J connectivity index is 1.49. The van der Waals surface area contributed by atoms with E-state index in [1.807, 2.05) is 30.0 Å². The summed E-state index contributed by atoms with van der Waals surface area (Å²) in [5, 5.41) is 4.00. The Kier molecular flexibility index (Phi) is 4.63. The maximum absolute atomic E-state index is 5.28. The molecule has 0 N–H and O–H groups in total. The van der Waals surface area contributed by atoms with Gasteiger partial charge >= 0.3 is 0 Å². The van der Waals surface area contributed by atoms with Crippen LogP contribution in [0.3, 0.4) is 0 Å². The van der Waals surface area contributed by atoms with E-state index in [1.165, 1.54) is 5.56 Å². The van der Waals surface area contributed by atoms with Gasteiger partial charge in [0.05, 0.1) is 0 Å². The lowest BCUT2D eigenvalue weighted by Crippen LogP contribution is -1.90. The Morgan fingerprint density at radius 3 is 2.62 bits per heavy atom. The molecule has 21 heavy (non-hydrogen) atoms. The van der Waals surface area contributed by atoms with Gasteiger partial charge in [0, 0.05) is 35.9 Å². The van der Waals surface area contributed by atoms with Crippen LogP contribution in [0.2, 0.25) is 0 Å². The van der Waals surface area contributed by atoms with Crippen LogP contribution in [-0.4, -0.2) is 20.9 Å². The Bertz CT molecular complexity index is 670. The van der Waals surface area contributed by atoms with Crippen LogP contribution in [0.4, 0.5) is 0 Å². The molecule has 5 heteroatoms. The van der Waals surface area contributed by atoms with Gasteiger partial charge in [0.15, 0.2) is 0 Å². The number of thioether (sulfide) groups is 1. The lowest BCUT2D eigenvalue weighted by atomic mass is 10.2. The van der Waals surface area contributed by atoms with Crippen molar-refractivity contribution in [3.8, 4) is 11.4 Å². The number of rotatable bonds is 6. The third-order valence-corrected chi connectivity index (χ3v) is 4.01. The zero-order valence-corrected chi connectivity index (χ0v) is 12.3. The summed E-state index contributed by atoms with van der Waals surface area (Å²) in [4.78, 5) is 8.38. The number of hydrogen-bond acceptors (Lipinski definition) is 5. The van der Waals surface area contributed by atoms with E-state index >= 15 is 0 Å². The van der Waals surface area contributed by atoms with Gasteiger partial charge in [0.1, 0.15) is 0 Å². The second-order valence-electron chi connectivity index (χ2n) is 4.54. The average Bonchev–Trinajstić information content (AvgIpc) is 3.02. The van der Waals surface area contributed by atoms with Crippen LogP contribution >= 0.6 is 11.8 Å². The Hall–Kier alpha value is -2.14. The highest BCUT2D eigenvalue weighted by Gasteiger charge is 2.07. The summed E-state index contributed by atoms with van der Waals surface area (Å²) in [5.74, 6) is 3.28.